The number of hydrogen-bond acceptors (Lipinski definition) is 4. The van der Waals surface area contributed by atoms with Crippen LogP contribution in [0, 0.1) is 0 Å². The molecule has 2 N–H and O–H groups in total. The first-order chi connectivity index (χ1) is 11.8. The summed E-state index contributed by atoms with van der Waals surface area (Å²) in [5, 5.41) is 16.6. The largest absolute Gasteiger partial charge is 0.506 e. The van der Waals surface area contributed by atoms with E-state index < -0.39 is 5.91 Å². The van der Waals surface area contributed by atoms with Crippen molar-refractivity contribution < 1.29 is 14.4 Å². The first kappa shape index (κ1) is 16.8. The third-order valence-corrected chi connectivity index (χ3v) is 3.91. The molecule has 0 bridgehead atoms. The summed E-state index contributed by atoms with van der Waals surface area (Å²) in [6.07, 6.45) is 0. The van der Waals surface area contributed by atoms with Crippen molar-refractivity contribution in [1.29, 1.82) is 0 Å². The Hall–Kier alpha value is -3.08. The van der Waals surface area contributed by atoms with Crippen LogP contribution >= 0.6 is 0 Å². The van der Waals surface area contributed by atoms with Crippen LogP contribution in [0.2, 0.25) is 0 Å². The molecular weight excluding hydrogens is 316 g/mol. The zero-order valence-corrected chi connectivity index (χ0v) is 14.4. The van der Waals surface area contributed by atoms with Gasteiger partial charge in [-0.05, 0) is 23.1 Å². The van der Waals surface area contributed by atoms with Gasteiger partial charge in [0.1, 0.15) is 11.4 Å². The van der Waals surface area contributed by atoms with Gasteiger partial charge in [0.05, 0.1) is 5.69 Å². The Labute approximate surface area is 146 Å². The van der Waals surface area contributed by atoms with Gasteiger partial charge in [0, 0.05) is 11.6 Å². The molecule has 0 unspecified atom stereocenters. The Morgan fingerprint density at radius 2 is 1.80 bits per heavy atom. The van der Waals surface area contributed by atoms with Crippen molar-refractivity contribution in [1.82, 2.24) is 5.16 Å². The highest BCUT2D eigenvalue weighted by Gasteiger charge is 2.19. The van der Waals surface area contributed by atoms with E-state index in [1.807, 2.05) is 36.4 Å². The Morgan fingerprint density at radius 1 is 1.08 bits per heavy atom. The molecule has 128 valence electrons. The Bertz CT molecular complexity index is 893. The summed E-state index contributed by atoms with van der Waals surface area (Å²) in [7, 11) is 0. The lowest BCUT2D eigenvalue weighted by atomic mass is 9.87. The molecule has 0 aliphatic carbocycles. The zero-order chi connectivity index (χ0) is 18.0. The molecule has 0 fully saturated rings. The second-order valence-corrected chi connectivity index (χ2v) is 6.88. The molecule has 1 amide bonds. The molecule has 0 atom stereocenters. The summed E-state index contributed by atoms with van der Waals surface area (Å²) in [6.45, 7) is 6.19. The van der Waals surface area contributed by atoms with Crippen molar-refractivity contribution in [2.24, 2.45) is 0 Å². The molecule has 0 saturated heterocycles. The minimum atomic E-state index is -0.462. The molecule has 1 heterocycles. The number of nitrogens with one attached hydrogen (secondary N) is 1. The van der Waals surface area contributed by atoms with E-state index in [2.05, 4.69) is 31.2 Å². The number of anilines is 1. The van der Waals surface area contributed by atoms with E-state index in [4.69, 9.17) is 4.52 Å². The van der Waals surface area contributed by atoms with Gasteiger partial charge in [-0.25, -0.2) is 0 Å². The normalized spacial score (nSPS) is 11.3. The highest BCUT2D eigenvalue weighted by molar-refractivity contribution is 6.03. The summed E-state index contributed by atoms with van der Waals surface area (Å²) < 4.78 is 5.15. The molecule has 0 radical (unpaired) electrons. The number of phenolic OH excluding ortho intramolecular Hbond substituents is 1. The number of benzene rings is 2. The summed E-state index contributed by atoms with van der Waals surface area (Å²) in [5.41, 5.74) is 2.69. The van der Waals surface area contributed by atoms with E-state index in [1.54, 1.807) is 18.2 Å². The summed E-state index contributed by atoms with van der Waals surface area (Å²) in [4.78, 5) is 12.4. The van der Waals surface area contributed by atoms with Gasteiger partial charge in [-0.3, -0.25) is 4.79 Å². The standard InChI is InChI=1S/C20H20N2O3/c1-20(2,3)14-9-10-17(23)16(11-14)21-19(24)18-12-15(22-25-18)13-7-5-4-6-8-13/h4-12,23H,1-3H3,(H,21,24). The molecule has 0 saturated carbocycles. The van der Waals surface area contributed by atoms with Gasteiger partial charge in [0.25, 0.3) is 5.91 Å². The quantitative estimate of drug-likeness (QED) is 0.686. The molecule has 25 heavy (non-hydrogen) atoms. The second-order valence-electron chi connectivity index (χ2n) is 6.88. The molecular formula is C20H20N2O3. The van der Waals surface area contributed by atoms with Crippen molar-refractivity contribution >= 4 is 11.6 Å². The molecule has 2 aromatic carbocycles. The average molecular weight is 336 g/mol. The van der Waals surface area contributed by atoms with Crippen molar-refractivity contribution in [2.45, 2.75) is 26.2 Å². The van der Waals surface area contributed by atoms with Gasteiger partial charge in [-0.1, -0.05) is 62.3 Å². The topological polar surface area (TPSA) is 75.4 Å². The van der Waals surface area contributed by atoms with Gasteiger partial charge >= 0.3 is 0 Å². The highest BCUT2D eigenvalue weighted by Crippen LogP contribution is 2.31. The Kier molecular flexibility index (Phi) is 4.31. The maximum atomic E-state index is 12.4. The van der Waals surface area contributed by atoms with Crippen LogP contribution in [0.15, 0.2) is 59.1 Å². The predicted octanol–water partition coefficient (Wildman–Crippen LogP) is 4.60. The smallest absolute Gasteiger partial charge is 0.294 e. The fourth-order valence-corrected chi connectivity index (χ4v) is 2.41. The number of phenols is 1. The van der Waals surface area contributed by atoms with Crippen LogP contribution in [0.1, 0.15) is 36.9 Å². The molecule has 0 spiro atoms. The molecule has 0 aliphatic heterocycles. The average Bonchev–Trinajstić information content (AvgIpc) is 3.07. The van der Waals surface area contributed by atoms with E-state index in [0.29, 0.717) is 11.4 Å². The third kappa shape index (κ3) is 3.71. The summed E-state index contributed by atoms with van der Waals surface area (Å²) in [5.74, 6) is -0.375. The van der Waals surface area contributed by atoms with E-state index in [1.165, 1.54) is 0 Å². The lowest BCUT2D eigenvalue weighted by molar-refractivity contribution is 0.0987. The molecule has 3 aromatic rings. The number of carbonyl (C=O) groups is 1. The van der Waals surface area contributed by atoms with E-state index in [0.717, 1.165) is 11.1 Å². The lowest BCUT2D eigenvalue weighted by Crippen LogP contribution is -2.14. The SMILES string of the molecule is CC(C)(C)c1ccc(O)c(NC(=O)c2cc(-c3ccccc3)no2)c1. The molecule has 0 aliphatic rings. The van der Waals surface area contributed by atoms with Crippen molar-refractivity contribution in [3.8, 4) is 17.0 Å². The van der Waals surface area contributed by atoms with Crippen molar-refractivity contribution in [3.05, 3.63) is 65.9 Å². The number of carbonyl (C=O) groups excluding carboxylic acids is 1. The number of rotatable bonds is 3. The monoisotopic (exact) mass is 336 g/mol. The van der Waals surface area contributed by atoms with Crippen LogP contribution in [0.3, 0.4) is 0 Å². The highest BCUT2D eigenvalue weighted by atomic mass is 16.5. The first-order valence-electron chi connectivity index (χ1n) is 8.01. The Morgan fingerprint density at radius 3 is 2.48 bits per heavy atom. The van der Waals surface area contributed by atoms with Gasteiger partial charge in [0.2, 0.25) is 5.76 Å². The van der Waals surface area contributed by atoms with Crippen LogP contribution in [-0.4, -0.2) is 16.2 Å². The first-order valence-corrected chi connectivity index (χ1v) is 8.01. The van der Waals surface area contributed by atoms with Crippen LogP contribution in [0.5, 0.6) is 5.75 Å². The number of amides is 1. The number of aromatic hydroxyl groups is 1. The van der Waals surface area contributed by atoms with Crippen molar-refractivity contribution in [3.63, 3.8) is 0 Å². The fraction of sp³-hybridized carbons (Fsp3) is 0.200. The third-order valence-electron chi connectivity index (χ3n) is 3.91. The van der Waals surface area contributed by atoms with E-state index in [-0.39, 0.29) is 16.9 Å². The second kappa shape index (κ2) is 6.43. The lowest BCUT2D eigenvalue weighted by Gasteiger charge is -2.20. The molecule has 3 rings (SSSR count). The predicted molar refractivity (Wildman–Crippen MR) is 96.7 cm³/mol. The van der Waals surface area contributed by atoms with Gasteiger partial charge in [-0.2, -0.15) is 0 Å². The Balaban J connectivity index is 1.83. The van der Waals surface area contributed by atoms with E-state index >= 15 is 0 Å². The number of nitrogens with zero attached hydrogens (tertiary/aromatic N) is 1. The van der Waals surface area contributed by atoms with Crippen LogP contribution < -0.4 is 5.32 Å². The van der Waals surface area contributed by atoms with Gasteiger partial charge in [0.15, 0.2) is 0 Å². The maximum Gasteiger partial charge on any atom is 0.294 e. The minimum Gasteiger partial charge on any atom is -0.506 e. The van der Waals surface area contributed by atoms with Crippen LogP contribution in [0.25, 0.3) is 11.3 Å². The summed E-state index contributed by atoms with van der Waals surface area (Å²) in [6, 6.07) is 16.2. The van der Waals surface area contributed by atoms with Crippen LogP contribution in [0.4, 0.5) is 5.69 Å². The zero-order valence-electron chi connectivity index (χ0n) is 14.4. The molecule has 5 heteroatoms. The van der Waals surface area contributed by atoms with E-state index in [9.17, 15) is 9.90 Å². The van der Waals surface area contributed by atoms with Gasteiger partial charge < -0.3 is 14.9 Å². The number of aromatic nitrogens is 1. The minimum absolute atomic E-state index is 0.00384. The summed E-state index contributed by atoms with van der Waals surface area (Å²) >= 11 is 0. The molecule has 1 aromatic heterocycles. The fourth-order valence-electron chi connectivity index (χ4n) is 2.41. The maximum absolute atomic E-state index is 12.4. The molecule has 5 nitrogen and oxygen atoms in total. The van der Waals surface area contributed by atoms with Crippen molar-refractivity contribution in [2.75, 3.05) is 5.32 Å². The van der Waals surface area contributed by atoms with Gasteiger partial charge in [-0.15, -0.1) is 0 Å². The van der Waals surface area contributed by atoms with Crippen LogP contribution in [-0.2, 0) is 5.41 Å². The number of hydrogen-bond donors (Lipinski definition) is 2.